The average molecular weight is 209 g/mol. The summed E-state index contributed by atoms with van der Waals surface area (Å²) in [6.45, 7) is 0. The highest BCUT2D eigenvalue weighted by atomic mass is 19.2. The van der Waals surface area contributed by atoms with E-state index in [1.54, 1.807) is 5.01 Å². The molecule has 0 saturated heterocycles. The van der Waals surface area contributed by atoms with Gasteiger partial charge in [0.2, 0.25) is 5.82 Å². The van der Waals surface area contributed by atoms with Crippen molar-refractivity contribution in [1.29, 1.82) is 0 Å². The van der Waals surface area contributed by atoms with Crippen molar-refractivity contribution in [2.45, 2.75) is 0 Å². The summed E-state index contributed by atoms with van der Waals surface area (Å²) in [6, 6.07) is 1.13. The van der Waals surface area contributed by atoms with Crippen molar-refractivity contribution in [3.63, 3.8) is 0 Å². The zero-order valence-electron chi connectivity index (χ0n) is 6.25. The van der Waals surface area contributed by atoms with Gasteiger partial charge >= 0.3 is 6.07 Å². The molecule has 0 aromatic heterocycles. The summed E-state index contributed by atoms with van der Waals surface area (Å²) in [4.78, 5) is 0. The molecule has 0 heterocycles. The Balaban J connectivity index is 3.65. The second-order valence-corrected chi connectivity index (χ2v) is 2.15. The van der Waals surface area contributed by atoms with Crippen LogP contribution in [0.1, 0.15) is 5.56 Å². The van der Waals surface area contributed by atoms with Crippen LogP contribution in [0.4, 0.5) is 22.0 Å². The van der Waals surface area contributed by atoms with Gasteiger partial charge in [0, 0.05) is 5.01 Å². The summed E-state index contributed by atoms with van der Waals surface area (Å²) in [5.41, 5.74) is -1.48. The Morgan fingerprint density at radius 2 is 1.14 bits per heavy atom. The molecule has 0 aliphatic rings. The topological polar surface area (TPSA) is 27.4 Å². The van der Waals surface area contributed by atoms with Crippen molar-refractivity contribution in [2.24, 2.45) is 0 Å². The molecule has 0 radical (unpaired) electrons. The van der Waals surface area contributed by atoms with E-state index in [0.29, 0.717) is 0 Å². The van der Waals surface area contributed by atoms with E-state index in [2.05, 4.69) is 0 Å². The number of halogens is 5. The lowest BCUT2D eigenvalue weighted by molar-refractivity contribution is 0.376. The van der Waals surface area contributed by atoms with Gasteiger partial charge in [-0.1, -0.05) is 0 Å². The van der Waals surface area contributed by atoms with E-state index in [9.17, 15) is 27.2 Å². The average Bonchev–Trinajstić information content (AvgIpc) is 2.19. The quantitative estimate of drug-likeness (QED) is 0.279. The van der Waals surface area contributed by atoms with Crippen molar-refractivity contribution in [2.75, 3.05) is 0 Å². The van der Waals surface area contributed by atoms with Gasteiger partial charge in [-0.2, -0.15) is 0 Å². The van der Waals surface area contributed by atoms with E-state index in [4.69, 9.17) is 0 Å². The SMILES string of the molecule is [O-][N+]#Cc1c(F)c(F)c(F)c(F)c1F. The van der Waals surface area contributed by atoms with Crippen LogP contribution >= 0.6 is 0 Å². The standard InChI is InChI=1S/C7F5NO/c8-3-2(1-13-14)4(9)6(11)7(12)5(3)10. The Hall–Kier alpha value is -1.84. The molecule has 0 aliphatic heterocycles. The molecule has 0 unspecified atom stereocenters. The Morgan fingerprint density at radius 3 is 1.50 bits per heavy atom. The Kier molecular flexibility index (Phi) is 2.56. The van der Waals surface area contributed by atoms with E-state index in [1.165, 1.54) is 0 Å². The molecule has 14 heavy (non-hydrogen) atoms. The van der Waals surface area contributed by atoms with E-state index >= 15 is 0 Å². The minimum Gasteiger partial charge on any atom is -0.498 e. The second-order valence-electron chi connectivity index (χ2n) is 2.15. The van der Waals surface area contributed by atoms with E-state index in [0.717, 1.165) is 6.07 Å². The van der Waals surface area contributed by atoms with Crippen LogP contribution in [0.3, 0.4) is 0 Å². The zero-order chi connectivity index (χ0) is 10.9. The fraction of sp³-hybridized carbons (Fsp3) is 0. The Bertz CT molecular complexity index is 419. The number of nitrogens with zero attached hydrogens (tertiary/aromatic N) is 1. The summed E-state index contributed by atoms with van der Waals surface area (Å²) in [5.74, 6) is -10.9. The molecule has 7 heteroatoms. The van der Waals surface area contributed by atoms with E-state index < -0.39 is 34.6 Å². The summed E-state index contributed by atoms with van der Waals surface area (Å²) in [5, 5.41) is 11.4. The molecule has 1 aromatic rings. The van der Waals surface area contributed by atoms with Gasteiger partial charge in [0.25, 0.3) is 0 Å². The van der Waals surface area contributed by atoms with Crippen LogP contribution in [0.25, 0.3) is 5.01 Å². The second kappa shape index (κ2) is 3.49. The minimum absolute atomic E-state index is 1.13. The van der Waals surface area contributed by atoms with Gasteiger partial charge in [-0.3, -0.25) is 0 Å². The van der Waals surface area contributed by atoms with Crippen molar-refractivity contribution < 1.29 is 22.0 Å². The number of hydrogen-bond acceptors (Lipinski definition) is 1. The molecule has 0 spiro atoms. The summed E-state index contributed by atoms with van der Waals surface area (Å²) in [7, 11) is 0. The molecule has 0 fully saturated rings. The molecule has 0 aliphatic carbocycles. The lowest BCUT2D eigenvalue weighted by Gasteiger charge is -1.99. The molecule has 0 saturated carbocycles. The van der Waals surface area contributed by atoms with Gasteiger partial charge in [0.1, 0.15) is 0 Å². The third kappa shape index (κ3) is 1.35. The molecule has 0 bridgehead atoms. The molecular formula is C7F5NO. The van der Waals surface area contributed by atoms with E-state index in [-0.39, 0.29) is 0 Å². The first-order chi connectivity index (χ1) is 6.50. The minimum atomic E-state index is -2.29. The predicted molar refractivity (Wildman–Crippen MR) is 35.9 cm³/mol. The van der Waals surface area contributed by atoms with Gasteiger partial charge in [-0.25, -0.2) is 22.0 Å². The lowest BCUT2D eigenvalue weighted by atomic mass is 10.2. The van der Waals surface area contributed by atoms with Crippen molar-refractivity contribution in [1.82, 2.24) is 0 Å². The van der Waals surface area contributed by atoms with Gasteiger partial charge in [0.15, 0.2) is 28.8 Å². The molecule has 2 nitrogen and oxygen atoms in total. The largest absolute Gasteiger partial charge is 0.498 e. The Morgan fingerprint density at radius 1 is 0.786 bits per heavy atom. The van der Waals surface area contributed by atoms with Gasteiger partial charge in [0.05, 0.1) is 0 Å². The summed E-state index contributed by atoms with van der Waals surface area (Å²) >= 11 is 0. The van der Waals surface area contributed by atoms with Gasteiger partial charge in [-0.15, -0.1) is 0 Å². The molecule has 0 N–H and O–H groups in total. The highest BCUT2D eigenvalue weighted by molar-refractivity contribution is 5.36. The lowest BCUT2D eigenvalue weighted by Crippen LogP contribution is -2.04. The maximum absolute atomic E-state index is 12.6. The number of rotatable bonds is 0. The summed E-state index contributed by atoms with van der Waals surface area (Å²) < 4.78 is 62.4. The third-order valence-corrected chi connectivity index (χ3v) is 1.37. The first-order valence-corrected chi connectivity index (χ1v) is 3.10. The van der Waals surface area contributed by atoms with Gasteiger partial charge in [-0.05, 0) is 0 Å². The third-order valence-electron chi connectivity index (χ3n) is 1.37. The predicted octanol–water partition coefficient (Wildman–Crippen LogP) is 2.56. The molecule has 0 amide bonds. The normalized spacial score (nSPS) is 9.50. The number of hydrogen-bond donors (Lipinski definition) is 0. The van der Waals surface area contributed by atoms with Crippen LogP contribution in [0.15, 0.2) is 0 Å². The first kappa shape index (κ1) is 10.2. The maximum atomic E-state index is 12.6. The van der Waals surface area contributed by atoms with Crippen molar-refractivity contribution in [3.8, 4) is 6.07 Å². The van der Waals surface area contributed by atoms with Crippen LogP contribution in [-0.2, 0) is 0 Å². The van der Waals surface area contributed by atoms with Crippen molar-refractivity contribution >= 4 is 0 Å². The van der Waals surface area contributed by atoms with Crippen molar-refractivity contribution in [3.05, 3.63) is 44.9 Å². The van der Waals surface area contributed by atoms with Crippen LogP contribution < -0.4 is 0 Å². The van der Waals surface area contributed by atoms with Gasteiger partial charge < -0.3 is 5.21 Å². The Labute approximate surface area is 74.0 Å². The number of benzene rings is 1. The monoisotopic (exact) mass is 209 g/mol. The highest BCUT2D eigenvalue weighted by Crippen LogP contribution is 2.22. The summed E-state index contributed by atoms with van der Waals surface area (Å²) in [6.07, 6.45) is 0. The van der Waals surface area contributed by atoms with Crippen LogP contribution in [0, 0.1) is 40.4 Å². The fourth-order valence-corrected chi connectivity index (χ4v) is 0.749. The smallest absolute Gasteiger partial charge is 0.343 e. The van der Waals surface area contributed by atoms with E-state index in [1.807, 2.05) is 0 Å². The maximum Gasteiger partial charge on any atom is 0.343 e. The molecule has 74 valence electrons. The molecular weight excluding hydrogens is 209 g/mol. The molecule has 1 rings (SSSR count). The molecule has 0 atom stereocenters. The fourth-order valence-electron chi connectivity index (χ4n) is 0.749. The van der Waals surface area contributed by atoms with Crippen LogP contribution in [0.2, 0.25) is 0 Å². The zero-order valence-corrected chi connectivity index (χ0v) is 6.25. The van der Waals surface area contributed by atoms with Crippen LogP contribution in [0.5, 0.6) is 0 Å². The van der Waals surface area contributed by atoms with Crippen LogP contribution in [-0.4, -0.2) is 0 Å². The first-order valence-electron chi connectivity index (χ1n) is 3.10. The highest BCUT2D eigenvalue weighted by Gasteiger charge is 2.27. The molecule has 1 aromatic carbocycles.